The number of hydrogen-bond donors (Lipinski definition) is 1. The molecule has 0 saturated heterocycles. The number of anilines is 1. The lowest BCUT2D eigenvalue weighted by atomic mass is 10.1. The molecule has 158 valence electrons. The van der Waals surface area contributed by atoms with E-state index in [9.17, 15) is 4.39 Å². The summed E-state index contributed by atoms with van der Waals surface area (Å²) in [5, 5.41) is 7.66. The maximum Gasteiger partial charge on any atom is 0.168 e. The summed E-state index contributed by atoms with van der Waals surface area (Å²) in [4.78, 5) is 11.8. The number of halogens is 3. The van der Waals surface area contributed by atoms with Crippen LogP contribution in [0.2, 0.25) is 0 Å². The molecule has 0 saturated carbocycles. The molecule has 0 aromatic heterocycles. The van der Waals surface area contributed by atoms with Gasteiger partial charge in [-0.15, -0.1) is 24.8 Å². The number of fused-ring (bicyclic) bond motifs is 2. The fourth-order valence-electron chi connectivity index (χ4n) is 3.50. The molecule has 0 aliphatic carbocycles. The minimum atomic E-state index is -0.193. The zero-order chi connectivity index (χ0) is 18.9. The molecule has 1 unspecified atom stereocenters. The Balaban J connectivity index is 0.00000128. The average Bonchev–Trinajstić information content (AvgIpc) is 3.28. The van der Waals surface area contributed by atoms with Crippen LogP contribution in [0.5, 0.6) is 0 Å². The Morgan fingerprint density at radius 1 is 1.13 bits per heavy atom. The molecule has 1 atom stereocenters. The van der Waals surface area contributed by atoms with Crippen LogP contribution in [0.1, 0.15) is 11.1 Å². The number of para-hydroxylation sites is 1. The van der Waals surface area contributed by atoms with E-state index in [1.807, 2.05) is 24.3 Å². The molecule has 0 fully saturated rings. The van der Waals surface area contributed by atoms with Gasteiger partial charge in [0.05, 0.1) is 12.6 Å². The lowest BCUT2D eigenvalue weighted by molar-refractivity contribution is 0.512. The summed E-state index contributed by atoms with van der Waals surface area (Å²) < 4.78 is 13.1. The van der Waals surface area contributed by atoms with Gasteiger partial charge in [0.1, 0.15) is 5.82 Å². The Hall–Kier alpha value is -1.67. The number of aliphatic imine (C=N–C) groups is 2. The Morgan fingerprint density at radius 3 is 2.77 bits per heavy atom. The standard InChI is InChI=1S/C21H19FN4S2.2ClH/c22-16-7-5-14(6-8-16)9-17-11-26-18(13-28-21(26)24-17)12-27-20-23-10-15-3-1-2-4-19(15)25-20;;/h1-8,13,17H,9-12H2,(H,23,25);2*1H. The quantitative estimate of drug-likeness (QED) is 0.619. The van der Waals surface area contributed by atoms with Gasteiger partial charge in [0.2, 0.25) is 0 Å². The SMILES string of the molecule is Cl.Cl.Fc1ccc(CC2CN3C(CSC4=NCc5ccccc5N4)=CSC3=N2)cc1. The third-order valence-electron chi connectivity index (χ3n) is 4.96. The second kappa shape index (κ2) is 10.1. The molecular weight excluding hydrogens is 462 g/mol. The molecule has 30 heavy (non-hydrogen) atoms. The summed E-state index contributed by atoms with van der Waals surface area (Å²) in [5.74, 6) is 0.672. The number of benzene rings is 2. The van der Waals surface area contributed by atoms with Crippen molar-refractivity contribution in [3.8, 4) is 0 Å². The first-order chi connectivity index (χ1) is 13.7. The number of thioether (sulfide) groups is 2. The van der Waals surface area contributed by atoms with Crippen LogP contribution in [0, 0.1) is 5.82 Å². The Labute approximate surface area is 196 Å². The van der Waals surface area contributed by atoms with Crippen molar-refractivity contribution in [1.82, 2.24) is 4.90 Å². The predicted molar refractivity (Wildman–Crippen MR) is 132 cm³/mol. The summed E-state index contributed by atoms with van der Waals surface area (Å²) in [7, 11) is 0. The van der Waals surface area contributed by atoms with Crippen LogP contribution in [0.3, 0.4) is 0 Å². The fourth-order valence-corrected chi connectivity index (χ4v) is 5.45. The highest BCUT2D eigenvalue weighted by atomic mass is 35.5. The maximum atomic E-state index is 13.1. The van der Waals surface area contributed by atoms with Crippen LogP contribution in [-0.2, 0) is 13.0 Å². The predicted octanol–water partition coefficient (Wildman–Crippen LogP) is 5.56. The van der Waals surface area contributed by atoms with Gasteiger partial charge in [0.15, 0.2) is 10.3 Å². The van der Waals surface area contributed by atoms with E-state index in [1.165, 1.54) is 23.4 Å². The van der Waals surface area contributed by atoms with Crippen molar-refractivity contribution in [3.05, 3.63) is 76.6 Å². The molecule has 2 aromatic rings. The van der Waals surface area contributed by atoms with Crippen molar-refractivity contribution in [2.24, 2.45) is 9.98 Å². The molecule has 1 N–H and O–H groups in total. The van der Waals surface area contributed by atoms with Gasteiger partial charge in [-0.2, -0.15) is 0 Å². The van der Waals surface area contributed by atoms with Gasteiger partial charge < -0.3 is 10.2 Å². The van der Waals surface area contributed by atoms with E-state index in [1.54, 1.807) is 23.5 Å². The Morgan fingerprint density at radius 2 is 1.93 bits per heavy atom. The normalized spacial score (nSPS) is 18.8. The topological polar surface area (TPSA) is 40.0 Å². The Kier molecular flexibility index (Phi) is 7.74. The van der Waals surface area contributed by atoms with Crippen molar-refractivity contribution in [2.45, 2.75) is 19.0 Å². The summed E-state index contributed by atoms with van der Waals surface area (Å²) in [6.07, 6.45) is 0.840. The number of nitrogens with one attached hydrogen (secondary N) is 1. The molecule has 3 aliphatic rings. The monoisotopic (exact) mass is 482 g/mol. The van der Waals surface area contributed by atoms with Crippen molar-refractivity contribution in [3.63, 3.8) is 0 Å². The van der Waals surface area contributed by atoms with Crippen molar-refractivity contribution >= 4 is 64.4 Å². The molecular formula is C21H21Cl2FN4S2. The van der Waals surface area contributed by atoms with Crippen LogP contribution in [0.4, 0.5) is 10.1 Å². The maximum absolute atomic E-state index is 13.1. The largest absolute Gasteiger partial charge is 0.335 e. The first kappa shape index (κ1) is 23.0. The van der Waals surface area contributed by atoms with Gasteiger partial charge in [-0.1, -0.05) is 53.9 Å². The lowest BCUT2D eigenvalue weighted by Gasteiger charge is -2.20. The molecule has 0 radical (unpaired) electrons. The third kappa shape index (κ3) is 4.97. The van der Waals surface area contributed by atoms with Crippen LogP contribution in [-0.4, -0.2) is 33.6 Å². The third-order valence-corrected chi connectivity index (χ3v) is 6.83. The summed E-state index contributed by atoms with van der Waals surface area (Å²) in [6, 6.07) is 15.3. The number of amidine groups is 2. The Bertz CT molecular complexity index is 995. The van der Waals surface area contributed by atoms with E-state index in [4.69, 9.17) is 4.99 Å². The summed E-state index contributed by atoms with van der Waals surface area (Å²) in [6.45, 7) is 1.62. The van der Waals surface area contributed by atoms with E-state index >= 15 is 0 Å². The van der Waals surface area contributed by atoms with Crippen molar-refractivity contribution in [2.75, 3.05) is 17.6 Å². The first-order valence-corrected chi connectivity index (χ1v) is 11.1. The van der Waals surface area contributed by atoms with Gasteiger partial charge in [0.25, 0.3) is 0 Å². The molecule has 0 spiro atoms. The van der Waals surface area contributed by atoms with Gasteiger partial charge in [-0.25, -0.2) is 4.39 Å². The summed E-state index contributed by atoms with van der Waals surface area (Å²) in [5.41, 5.74) is 4.79. The first-order valence-electron chi connectivity index (χ1n) is 9.22. The average molecular weight is 483 g/mol. The minimum Gasteiger partial charge on any atom is -0.335 e. The highest BCUT2D eigenvalue weighted by Crippen LogP contribution is 2.34. The van der Waals surface area contributed by atoms with Crippen LogP contribution < -0.4 is 5.32 Å². The number of hydrogen-bond acceptors (Lipinski definition) is 6. The molecule has 3 heterocycles. The van der Waals surface area contributed by atoms with E-state index < -0.39 is 0 Å². The second-order valence-corrected chi connectivity index (χ2v) is 8.73. The van der Waals surface area contributed by atoms with Crippen molar-refractivity contribution in [1.29, 1.82) is 0 Å². The zero-order valence-electron chi connectivity index (χ0n) is 16.0. The van der Waals surface area contributed by atoms with Gasteiger partial charge >= 0.3 is 0 Å². The van der Waals surface area contributed by atoms with E-state index in [0.29, 0.717) is 0 Å². The summed E-state index contributed by atoms with van der Waals surface area (Å²) >= 11 is 3.43. The highest BCUT2D eigenvalue weighted by molar-refractivity contribution is 8.17. The molecule has 4 nitrogen and oxygen atoms in total. The van der Waals surface area contributed by atoms with E-state index in [0.717, 1.165) is 46.8 Å². The van der Waals surface area contributed by atoms with Crippen LogP contribution in [0.15, 0.2) is 69.6 Å². The van der Waals surface area contributed by atoms with Gasteiger partial charge in [0, 0.05) is 23.7 Å². The van der Waals surface area contributed by atoms with Gasteiger partial charge in [-0.3, -0.25) is 9.98 Å². The molecule has 3 aliphatic heterocycles. The van der Waals surface area contributed by atoms with E-state index in [-0.39, 0.29) is 36.7 Å². The molecule has 9 heteroatoms. The van der Waals surface area contributed by atoms with Crippen molar-refractivity contribution < 1.29 is 4.39 Å². The molecule has 5 rings (SSSR count). The fraction of sp³-hybridized carbons (Fsp3) is 0.238. The number of nitrogens with zero attached hydrogens (tertiary/aromatic N) is 3. The number of rotatable bonds is 4. The zero-order valence-corrected chi connectivity index (χ0v) is 19.2. The van der Waals surface area contributed by atoms with Crippen LogP contribution in [0.25, 0.3) is 0 Å². The highest BCUT2D eigenvalue weighted by Gasteiger charge is 2.32. The van der Waals surface area contributed by atoms with E-state index in [2.05, 4.69) is 32.7 Å². The molecule has 0 amide bonds. The smallest absolute Gasteiger partial charge is 0.168 e. The molecule has 2 aromatic carbocycles. The van der Waals surface area contributed by atoms with Crippen LogP contribution >= 0.6 is 48.3 Å². The van der Waals surface area contributed by atoms with Gasteiger partial charge in [-0.05, 0) is 41.2 Å². The lowest BCUT2D eigenvalue weighted by Crippen LogP contribution is -2.26. The molecule has 0 bridgehead atoms. The minimum absolute atomic E-state index is 0. The second-order valence-electron chi connectivity index (χ2n) is 6.93.